The minimum absolute atomic E-state index is 0.0200. The number of nitro groups is 1. The largest absolute Gasteiger partial charge is 0.385 e. The van der Waals surface area contributed by atoms with Crippen molar-refractivity contribution in [2.24, 2.45) is 0 Å². The van der Waals surface area contributed by atoms with Crippen LogP contribution in [-0.2, 0) is 0 Å². The van der Waals surface area contributed by atoms with Crippen LogP contribution >= 0.6 is 11.8 Å². The van der Waals surface area contributed by atoms with Gasteiger partial charge < -0.3 is 5.11 Å². The van der Waals surface area contributed by atoms with E-state index in [0.29, 0.717) is 5.75 Å². The van der Waals surface area contributed by atoms with E-state index in [4.69, 9.17) is 0 Å². The summed E-state index contributed by atoms with van der Waals surface area (Å²) in [6.07, 6.45) is 6.02. The van der Waals surface area contributed by atoms with Crippen LogP contribution in [0.3, 0.4) is 0 Å². The summed E-state index contributed by atoms with van der Waals surface area (Å²) in [5.41, 5.74) is 0. The first-order chi connectivity index (χ1) is 7.66. The first-order valence-corrected chi connectivity index (χ1v) is 7.14. The van der Waals surface area contributed by atoms with E-state index >= 15 is 0 Å². The molecule has 1 saturated heterocycles. The number of hydrogen-bond donors (Lipinski definition) is 1. The van der Waals surface area contributed by atoms with Crippen molar-refractivity contribution in [2.45, 2.75) is 62.8 Å². The van der Waals surface area contributed by atoms with E-state index < -0.39 is 12.1 Å². The van der Waals surface area contributed by atoms with Gasteiger partial charge in [-0.1, -0.05) is 39.0 Å². The Morgan fingerprint density at radius 1 is 1.38 bits per heavy atom. The van der Waals surface area contributed by atoms with Crippen molar-refractivity contribution in [1.82, 2.24) is 0 Å². The summed E-state index contributed by atoms with van der Waals surface area (Å²) < 4.78 is 0. The van der Waals surface area contributed by atoms with E-state index in [1.54, 1.807) is 11.8 Å². The van der Waals surface area contributed by atoms with Crippen LogP contribution in [0.25, 0.3) is 0 Å². The lowest BCUT2D eigenvalue weighted by atomic mass is 10.0. The van der Waals surface area contributed by atoms with Gasteiger partial charge in [0.05, 0.1) is 5.25 Å². The van der Waals surface area contributed by atoms with Crippen LogP contribution in [0.2, 0.25) is 0 Å². The van der Waals surface area contributed by atoms with E-state index in [2.05, 4.69) is 6.92 Å². The van der Waals surface area contributed by atoms with Gasteiger partial charge >= 0.3 is 0 Å². The Bertz CT molecular complexity index is 225. The molecule has 4 nitrogen and oxygen atoms in total. The lowest BCUT2D eigenvalue weighted by molar-refractivity contribution is -0.530. The molecule has 0 bridgehead atoms. The Morgan fingerprint density at radius 2 is 2.06 bits per heavy atom. The maximum Gasteiger partial charge on any atom is 0.251 e. The summed E-state index contributed by atoms with van der Waals surface area (Å²) in [6, 6.07) is -0.740. The normalized spacial score (nSPS) is 29.5. The molecule has 0 aromatic rings. The third-order valence-corrected chi connectivity index (χ3v) is 4.57. The van der Waals surface area contributed by atoms with Gasteiger partial charge in [-0.05, 0) is 6.42 Å². The molecule has 1 unspecified atom stereocenters. The Labute approximate surface area is 101 Å². The molecule has 16 heavy (non-hydrogen) atoms. The average Bonchev–Trinajstić information content (AvgIpc) is 2.59. The molecule has 1 heterocycles. The second-order valence-corrected chi connectivity index (χ2v) is 5.69. The van der Waals surface area contributed by atoms with Crippen molar-refractivity contribution < 1.29 is 10.0 Å². The van der Waals surface area contributed by atoms with Crippen LogP contribution in [0.4, 0.5) is 0 Å². The first kappa shape index (κ1) is 13.8. The van der Waals surface area contributed by atoms with Gasteiger partial charge in [0.1, 0.15) is 6.10 Å². The lowest BCUT2D eigenvalue weighted by Gasteiger charge is -2.13. The Hall–Kier alpha value is -0.290. The van der Waals surface area contributed by atoms with Gasteiger partial charge in [0.15, 0.2) is 0 Å². The lowest BCUT2D eigenvalue weighted by Crippen LogP contribution is -2.37. The SMILES string of the molecule is CCCCCCC[C@H]1SCC(O)[C@@H]1[N+](=O)[O-]. The van der Waals surface area contributed by atoms with Crippen molar-refractivity contribution in [3.63, 3.8) is 0 Å². The molecule has 0 aromatic carbocycles. The summed E-state index contributed by atoms with van der Waals surface area (Å²) in [4.78, 5) is 10.5. The Kier molecular flexibility index (Phi) is 6.13. The predicted octanol–water partition coefficient (Wildman–Crippen LogP) is 2.47. The molecule has 1 fully saturated rings. The molecule has 0 spiro atoms. The summed E-state index contributed by atoms with van der Waals surface area (Å²) in [5.74, 6) is 0.519. The maximum atomic E-state index is 10.8. The molecule has 94 valence electrons. The van der Waals surface area contributed by atoms with E-state index in [-0.39, 0.29) is 10.2 Å². The zero-order valence-electron chi connectivity index (χ0n) is 9.80. The quantitative estimate of drug-likeness (QED) is 0.426. The molecule has 0 radical (unpaired) electrons. The van der Waals surface area contributed by atoms with Crippen LogP contribution in [0.5, 0.6) is 0 Å². The molecule has 3 atom stereocenters. The highest BCUT2D eigenvalue weighted by Gasteiger charge is 2.44. The summed E-state index contributed by atoms with van der Waals surface area (Å²) in [7, 11) is 0. The fourth-order valence-electron chi connectivity index (χ4n) is 2.15. The second-order valence-electron chi connectivity index (χ2n) is 4.42. The number of nitrogens with zero attached hydrogens (tertiary/aromatic N) is 1. The predicted molar refractivity (Wildman–Crippen MR) is 66.4 cm³/mol. The molecular formula is C11H21NO3S. The van der Waals surface area contributed by atoms with Gasteiger partial charge in [0.2, 0.25) is 0 Å². The van der Waals surface area contributed by atoms with Crippen molar-refractivity contribution in [2.75, 3.05) is 5.75 Å². The zero-order chi connectivity index (χ0) is 12.0. The average molecular weight is 247 g/mol. The monoisotopic (exact) mass is 247 g/mol. The van der Waals surface area contributed by atoms with Crippen molar-refractivity contribution in [1.29, 1.82) is 0 Å². The number of hydrogen-bond acceptors (Lipinski definition) is 4. The molecule has 1 rings (SSSR count). The van der Waals surface area contributed by atoms with Crippen LogP contribution in [-0.4, -0.2) is 33.2 Å². The van der Waals surface area contributed by atoms with Gasteiger partial charge in [-0.3, -0.25) is 10.1 Å². The topological polar surface area (TPSA) is 63.4 Å². The van der Waals surface area contributed by atoms with E-state index in [1.807, 2.05) is 0 Å². The molecule has 1 N–H and O–H groups in total. The zero-order valence-corrected chi connectivity index (χ0v) is 10.6. The Morgan fingerprint density at radius 3 is 2.69 bits per heavy atom. The van der Waals surface area contributed by atoms with Gasteiger partial charge in [0, 0.05) is 10.7 Å². The molecule has 0 saturated carbocycles. The Balaban J connectivity index is 2.23. The smallest absolute Gasteiger partial charge is 0.251 e. The summed E-state index contributed by atoms with van der Waals surface area (Å²) in [5, 5.41) is 20.3. The van der Waals surface area contributed by atoms with Crippen LogP contribution in [0.1, 0.15) is 45.4 Å². The number of thioether (sulfide) groups is 1. The van der Waals surface area contributed by atoms with Crippen LogP contribution < -0.4 is 0 Å². The number of aliphatic hydroxyl groups is 1. The first-order valence-electron chi connectivity index (χ1n) is 6.10. The minimum Gasteiger partial charge on any atom is -0.385 e. The highest BCUT2D eigenvalue weighted by atomic mass is 32.2. The molecule has 1 aliphatic heterocycles. The molecule has 5 heteroatoms. The van der Waals surface area contributed by atoms with Crippen molar-refractivity contribution in [3.8, 4) is 0 Å². The van der Waals surface area contributed by atoms with E-state index in [9.17, 15) is 15.2 Å². The molecule has 0 aliphatic carbocycles. The maximum absolute atomic E-state index is 10.8. The minimum atomic E-state index is -0.749. The highest BCUT2D eigenvalue weighted by molar-refractivity contribution is 8.00. The van der Waals surface area contributed by atoms with Gasteiger partial charge in [-0.2, -0.15) is 0 Å². The van der Waals surface area contributed by atoms with Crippen LogP contribution in [0, 0.1) is 10.1 Å². The van der Waals surface area contributed by atoms with Gasteiger partial charge in [-0.25, -0.2) is 0 Å². The van der Waals surface area contributed by atoms with Crippen LogP contribution in [0.15, 0.2) is 0 Å². The summed E-state index contributed by atoms with van der Waals surface area (Å²) in [6.45, 7) is 2.17. The van der Waals surface area contributed by atoms with E-state index in [0.717, 1.165) is 19.3 Å². The number of unbranched alkanes of at least 4 members (excludes halogenated alkanes) is 4. The third-order valence-electron chi connectivity index (χ3n) is 3.09. The van der Waals surface area contributed by atoms with E-state index in [1.165, 1.54) is 19.3 Å². The molecule has 1 aliphatic rings. The fourth-order valence-corrected chi connectivity index (χ4v) is 3.60. The molecule has 0 amide bonds. The number of aliphatic hydroxyl groups excluding tert-OH is 1. The standard InChI is InChI=1S/C11H21NO3S/c1-2-3-4-5-6-7-10-11(12(14)15)9(13)8-16-10/h9-11,13H,2-8H2,1H3/t9?,10-,11+/m1/s1. The second kappa shape index (κ2) is 7.12. The summed E-state index contributed by atoms with van der Waals surface area (Å²) >= 11 is 1.56. The molecular weight excluding hydrogens is 226 g/mol. The highest BCUT2D eigenvalue weighted by Crippen LogP contribution is 2.32. The van der Waals surface area contributed by atoms with Gasteiger partial charge in [-0.15, -0.1) is 11.8 Å². The fraction of sp³-hybridized carbons (Fsp3) is 1.00. The van der Waals surface area contributed by atoms with Crippen molar-refractivity contribution in [3.05, 3.63) is 10.1 Å². The molecule has 0 aromatic heterocycles. The third kappa shape index (κ3) is 3.94. The van der Waals surface area contributed by atoms with Crippen molar-refractivity contribution >= 4 is 11.8 Å². The van der Waals surface area contributed by atoms with Gasteiger partial charge in [0.25, 0.3) is 6.04 Å². The number of rotatable bonds is 7.